The molecule has 156 valence electrons. The molecule has 0 radical (unpaired) electrons. The predicted octanol–water partition coefficient (Wildman–Crippen LogP) is 4.77. The van der Waals surface area contributed by atoms with E-state index < -0.39 is 0 Å². The molecule has 1 saturated heterocycles. The first-order chi connectivity index (χ1) is 14.6. The van der Waals surface area contributed by atoms with Crippen LogP contribution in [0.5, 0.6) is 0 Å². The van der Waals surface area contributed by atoms with Crippen LogP contribution in [0.25, 0.3) is 0 Å². The SMILES string of the molecule is Cc1ccc2c(c1)C1(CCN(C3CC45CC4CCC35)CC1)CN2C(=O)c1ccco1. The summed E-state index contributed by atoms with van der Waals surface area (Å²) >= 11 is 0. The molecule has 4 fully saturated rings. The lowest BCUT2D eigenvalue weighted by Gasteiger charge is -2.53. The lowest BCUT2D eigenvalue weighted by molar-refractivity contribution is -0.0240. The molecule has 2 spiro atoms. The summed E-state index contributed by atoms with van der Waals surface area (Å²) in [7, 11) is 0. The summed E-state index contributed by atoms with van der Waals surface area (Å²) in [4.78, 5) is 18.0. The zero-order valence-corrected chi connectivity index (χ0v) is 17.8. The molecule has 4 atom stereocenters. The van der Waals surface area contributed by atoms with Gasteiger partial charge in [0.1, 0.15) is 0 Å². The average Bonchev–Trinajstić information content (AvgIpc) is 3.04. The Morgan fingerprint density at radius 2 is 2.00 bits per heavy atom. The van der Waals surface area contributed by atoms with Crippen molar-refractivity contribution in [1.29, 1.82) is 0 Å². The zero-order valence-electron chi connectivity index (χ0n) is 17.8. The van der Waals surface area contributed by atoms with Crippen LogP contribution in [0.2, 0.25) is 0 Å². The monoisotopic (exact) mass is 402 g/mol. The number of furan rings is 1. The Balaban J connectivity index is 1.15. The van der Waals surface area contributed by atoms with Crippen molar-refractivity contribution >= 4 is 11.6 Å². The highest BCUT2D eigenvalue weighted by molar-refractivity contribution is 6.06. The van der Waals surface area contributed by atoms with E-state index in [1.165, 1.54) is 49.9 Å². The van der Waals surface area contributed by atoms with Gasteiger partial charge in [-0.3, -0.25) is 4.79 Å². The summed E-state index contributed by atoms with van der Waals surface area (Å²) in [6.07, 6.45) is 9.87. The molecule has 30 heavy (non-hydrogen) atoms. The minimum absolute atomic E-state index is 0.00364. The van der Waals surface area contributed by atoms with Crippen LogP contribution in [-0.4, -0.2) is 36.5 Å². The third kappa shape index (κ3) is 2.18. The molecule has 7 rings (SSSR count). The first kappa shape index (κ1) is 17.6. The van der Waals surface area contributed by atoms with Crippen molar-refractivity contribution in [3.8, 4) is 0 Å². The number of nitrogens with zero attached hydrogens (tertiary/aromatic N) is 2. The highest BCUT2D eigenvalue weighted by Gasteiger charge is 2.71. The van der Waals surface area contributed by atoms with Gasteiger partial charge in [0.25, 0.3) is 5.91 Å². The largest absolute Gasteiger partial charge is 0.459 e. The van der Waals surface area contributed by atoms with Crippen molar-refractivity contribution in [3.63, 3.8) is 0 Å². The normalized spacial score (nSPS) is 35.6. The number of fused-ring (bicyclic) bond motifs is 2. The molecule has 3 aliphatic carbocycles. The van der Waals surface area contributed by atoms with Gasteiger partial charge >= 0.3 is 0 Å². The molecule has 3 saturated carbocycles. The summed E-state index contributed by atoms with van der Waals surface area (Å²) in [5, 5.41) is 0. The summed E-state index contributed by atoms with van der Waals surface area (Å²) < 4.78 is 5.45. The van der Waals surface area contributed by atoms with Gasteiger partial charge in [-0.1, -0.05) is 17.7 Å². The number of benzene rings is 1. The molecular weight excluding hydrogens is 372 g/mol. The predicted molar refractivity (Wildman–Crippen MR) is 116 cm³/mol. The molecule has 4 unspecified atom stereocenters. The van der Waals surface area contributed by atoms with Crippen LogP contribution in [0.1, 0.15) is 60.2 Å². The molecule has 2 aromatic rings. The Bertz CT molecular complexity index is 1020. The second-order valence-electron chi connectivity index (χ2n) is 10.8. The third-order valence-corrected chi connectivity index (χ3v) is 9.57. The molecule has 0 N–H and O–H groups in total. The Morgan fingerprint density at radius 3 is 2.73 bits per heavy atom. The Morgan fingerprint density at radius 1 is 1.13 bits per heavy atom. The number of carbonyl (C=O) groups excluding carboxylic acids is 1. The number of hydrogen-bond acceptors (Lipinski definition) is 3. The molecule has 3 heterocycles. The number of carbonyl (C=O) groups is 1. The number of amides is 1. The minimum atomic E-state index is -0.00364. The third-order valence-electron chi connectivity index (χ3n) is 9.57. The van der Waals surface area contributed by atoms with E-state index in [-0.39, 0.29) is 11.3 Å². The molecule has 1 amide bonds. The van der Waals surface area contributed by atoms with Crippen LogP contribution in [-0.2, 0) is 5.41 Å². The van der Waals surface area contributed by atoms with Gasteiger partial charge in [0, 0.05) is 23.7 Å². The van der Waals surface area contributed by atoms with Crippen LogP contribution >= 0.6 is 0 Å². The first-order valence-electron chi connectivity index (χ1n) is 11.8. The van der Waals surface area contributed by atoms with Crippen LogP contribution in [0.4, 0.5) is 5.69 Å². The maximum atomic E-state index is 13.2. The van der Waals surface area contributed by atoms with Gasteiger partial charge in [-0.15, -0.1) is 0 Å². The van der Waals surface area contributed by atoms with Gasteiger partial charge in [0.05, 0.1) is 6.26 Å². The average molecular weight is 403 g/mol. The van der Waals surface area contributed by atoms with E-state index in [2.05, 4.69) is 30.0 Å². The fraction of sp³-hybridized carbons (Fsp3) is 0.577. The van der Waals surface area contributed by atoms with Gasteiger partial charge in [0.15, 0.2) is 5.76 Å². The lowest BCUT2D eigenvalue weighted by Crippen LogP contribution is -2.57. The van der Waals surface area contributed by atoms with E-state index in [4.69, 9.17) is 4.42 Å². The summed E-state index contributed by atoms with van der Waals surface area (Å²) in [5.41, 5.74) is 4.65. The van der Waals surface area contributed by atoms with Crippen molar-refractivity contribution in [2.75, 3.05) is 24.5 Å². The number of anilines is 1. The van der Waals surface area contributed by atoms with Gasteiger partial charge in [-0.2, -0.15) is 0 Å². The molecule has 2 aliphatic heterocycles. The Labute approximate surface area is 178 Å². The maximum absolute atomic E-state index is 13.2. The molecule has 0 bridgehead atoms. The van der Waals surface area contributed by atoms with Gasteiger partial charge < -0.3 is 14.2 Å². The second-order valence-corrected chi connectivity index (χ2v) is 10.8. The first-order valence-corrected chi connectivity index (χ1v) is 11.8. The van der Waals surface area contributed by atoms with E-state index >= 15 is 0 Å². The fourth-order valence-electron chi connectivity index (χ4n) is 7.85. The van der Waals surface area contributed by atoms with Crippen molar-refractivity contribution in [3.05, 3.63) is 53.5 Å². The van der Waals surface area contributed by atoms with E-state index in [0.29, 0.717) is 5.76 Å². The van der Waals surface area contributed by atoms with Gasteiger partial charge in [-0.05, 0) is 99.6 Å². The van der Waals surface area contributed by atoms with Gasteiger partial charge in [-0.25, -0.2) is 0 Å². The number of aryl methyl sites for hydroxylation is 1. The van der Waals surface area contributed by atoms with Crippen molar-refractivity contribution < 1.29 is 9.21 Å². The van der Waals surface area contributed by atoms with Crippen molar-refractivity contribution in [2.45, 2.75) is 56.9 Å². The standard InChI is InChI=1S/C26H30N2O2/c1-17-4-7-21-20(13-17)25(16-28(21)24(29)23-3-2-12-30-23)8-10-27(11-9-25)22-15-26-14-18(26)5-6-19(22)26/h2-4,7,12-13,18-19,22H,5-6,8-11,14-16H2,1H3. The molecule has 5 aliphatic rings. The molecule has 4 heteroatoms. The number of likely N-dealkylation sites (tertiary alicyclic amines) is 1. The fourth-order valence-corrected chi connectivity index (χ4v) is 7.85. The zero-order chi connectivity index (χ0) is 20.1. The smallest absolute Gasteiger partial charge is 0.293 e. The highest BCUT2D eigenvalue weighted by Crippen LogP contribution is 2.76. The lowest BCUT2D eigenvalue weighted by atomic mass is 9.65. The highest BCUT2D eigenvalue weighted by atomic mass is 16.3. The quantitative estimate of drug-likeness (QED) is 0.726. The molecule has 4 nitrogen and oxygen atoms in total. The summed E-state index contributed by atoms with van der Waals surface area (Å²) in [6.45, 7) is 5.31. The number of hydrogen-bond donors (Lipinski definition) is 0. The molecule has 1 aromatic heterocycles. The second kappa shape index (κ2) is 5.79. The summed E-state index contributed by atoms with van der Waals surface area (Å²) in [6, 6.07) is 11.0. The molecular formula is C26H30N2O2. The van der Waals surface area contributed by atoms with Crippen LogP contribution in [0.3, 0.4) is 0 Å². The Hall–Kier alpha value is -2.07. The minimum Gasteiger partial charge on any atom is -0.459 e. The van der Waals surface area contributed by atoms with E-state index in [9.17, 15) is 4.79 Å². The van der Waals surface area contributed by atoms with Crippen molar-refractivity contribution in [1.82, 2.24) is 4.90 Å². The van der Waals surface area contributed by atoms with Crippen molar-refractivity contribution in [2.24, 2.45) is 17.3 Å². The summed E-state index contributed by atoms with van der Waals surface area (Å²) in [5.74, 6) is 2.51. The van der Waals surface area contributed by atoms with Crippen LogP contribution < -0.4 is 4.90 Å². The van der Waals surface area contributed by atoms with Crippen LogP contribution in [0, 0.1) is 24.2 Å². The topological polar surface area (TPSA) is 36.7 Å². The van der Waals surface area contributed by atoms with Gasteiger partial charge in [0.2, 0.25) is 0 Å². The van der Waals surface area contributed by atoms with E-state index in [1.54, 1.807) is 18.4 Å². The maximum Gasteiger partial charge on any atom is 0.293 e. The number of piperidine rings is 1. The Kier molecular flexibility index (Phi) is 3.39. The van der Waals surface area contributed by atoms with E-state index in [1.807, 2.05) is 4.90 Å². The number of rotatable bonds is 2. The van der Waals surface area contributed by atoms with Crippen LogP contribution in [0.15, 0.2) is 41.0 Å². The van der Waals surface area contributed by atoms with E-state index in [0.717, 1.165) is 48.4 Å². The molecule has 1 aromatic carbocycles.